The van der Waals surface area contributed by atoms with Gasteiger partial charge in [-0.1, -0.05) is 6.07 Å². The average molecular weight is 196 g/mol. The standard InChI is InChI=1S/C10H12O2S/c1-10(9(11)12,7-4-5-7)8-3-2-6-13-8/h2-3,6-7H,4-5H2,1H3,(H,11,12). The van der Waals surface area contributed by atoms with Crippen LogP contribution in [0.15, 0.2) is 17.5 Å². The highest BCUT2D eigenvalue weighted by atomic mass is 32.1. The van der Waals surface area contributed by atoms with Gasteiger partial charge in [0.15, 0.2) is 0 Å². The number of hydrogen-bond donors (Lipinski definition) is 1. The summed E-state index contributed by atoms with van der Waals surface area (Å²) < 4.78 is 0. The first-order chi connectivity index (χ1) is 6.15. The van der Waals surface area contributed by atoms with Gasteiger partial charge in [-0.15, -0.1) is 11.3 Å². The monoisotopic (exact) mass is 196 g/mol. The lowest BCUT2D eigenvalue weighted by molar-refractivity contribution is -0.143. The highest BCUT2D eigenvalue weighted by Crippen LogP contribution is 2.48. The minimum Gasteiger partial charge on any atom is -0.481 e. The zero-order valence-electron chi connectivity index (χ0n) is 7.49. The molecule has 0 saturated heterocycles. The number of aliphatic carboxylic acids is 1. The fraction of sp³-hybridized carbons (Fsp3) is 0.500. The van der Waals surface area contributed by atoms with Crippen LogP contribution in [0.4, 0.5) is 0 Å². The van der Waals surface area contributed by atoms with E-state index < -0.39 is 11.4 Å². The number of thiophene rings is 1. The molecule has 1 saturated carbocycles. The second-order valence-electron chi connectivity index (χ2n) is 3.76. The zero-order valence-corrected chi connectivity index (χ0v) is 8.30. The van der Waals surface area contributed by atoms with E-state index in [-0.39, 0.29) is 0 Å². The Bertz CT molecular complexity index is 314. The van der Waals surface area contributed by atoms with Crippen LogP contribution in [0.3, 0.4) is 0 Å². The highest BCUT2D eigenvalue weighted by molar-refractivity contribution is 7.10. The van der Waals surface area contributed by atoms with E-state index in [1.54, 1.807) is 11.3 Å². The lowest BCUT2D eigenvalue weighted by Crippen LogP contribution is -2.33. The van der Waals surface area contributed by atoms with Gasteiger partial charge in [-0.05, 0) is 37.1 Å². The Labute approximate surface area is 81.2 Å². The Kier molecular flexibility index (Phi) is 1.91. The molecule has 13 heavy (non-hydrogen) atoms. The summed E-state index contributed by atoms with van der Waals surface area (Å²) in [7, 11) is 0. The molecule has 0 radical (unpaired) electrons. The van der Waals surface area contributed by atoms with E-state index >= 15 is 0 Å². The molecule has 1 aromatic rings. The minimum absolute atomic E-state index is 0.351. The van der Waals surface area contributed by atoms with Crippen LogP contribution in [0, 0.1) is 5.92 Å². The fourth-order valence-electron chi connectivity index (χ4n) is 1.72. The highest BCUT2D eigenvalue weighted by Gasteiger charge is 2.49. The maximum absolute atomic E-state index is 11.2. The van der Waals surface area contributed by atoms with Crippen LogP contribution in [0.25, 0.3) is 0 Å². The van der Waals surface area contributed by atoms with E-state index in [0.29, 0.717) is 5.92 Å². The van der Waals surface area contributed by atoms with Crippen molar-refractivity contribution < 1.29 is 9.90 Å². The van der Waals surface area contributed by atoms with Crippen LogP contribution in [-0.2, 0) is 10.2 Å². The molecule has 1 N–H and O–H groups in total. The molecule has 1 fully saturated rings. The van der Waals surface area contributed by atoms with Crippen molar-refractivity contribution in [3.05, 3.63) is 22.4 Å². The van der Waals surface area contributed by atoms with Crippen molar-refractivity contribution >= 4 is 17.3 Å². The predicted octanol–water partition coefficient (Wildman–Crippen LogP) is 2.50. The normalized spacial score (nSPS) is 21.0. The number of carbonyl (C=O) groups is 1. The van der Waals surface area contributed by atoms with Gasteiger partial charge in [-0.25, -0.2) is 0 Å². The number of carboxylic acid groups (broad SMARTS) is 1. The Morgan fingerprint density at radius 3 is 2.77 bits per heavy atom. The van der Waals surface area contributed by atoms with E-state index in [9.17, 15) is 9.90 Å². The molecule has 1 aliphatic rings. The molecule has 1 unspecified atom stereocenters. The van der Waals surface area contributed by atoms with Crippen LogP contribution >= 0.6 is 11.3 Å². The van der Waals surface area contributed by atoms with Gasteiger partial charge in [0.25, 0.3) is 0 Å². The molecule has 1 aliphatic carbocycles. The molecule has 1 atom stereocenters. The Morgan fingerprint density at radius 2 is 2.38 bits per heavy atom. The van der Waals surface area contributed by atoms with Gasteiger partial charge in [0.1, 0.15) is 5.41 Å². The number of rotatable bonds is 3. The smallest absolute Gasteiger partial charge is 0.314 e. The summed E-state index contributed by atoms with van der Waals surface area (Å²) in [5.74, 6) is -0.332. The van der Waals surface area contributed by atoms with Crippen LogP contribution in [0.1, 0.15) is 24.6 Å². The Hall–Kier alpha value is -0.830. The summed E-state index contributed by atoms with van der Waals surface area (Å²) in [6.45, 7) is 1.85. The first-order valence-electron chi connectivity index (χ1n) is 4.43. The summed E-state index contributed by atoms with van der Waals surface area (Å²) in [6, 6.07) is 3.85. The van der Waals surface area contributed by atoms with Crippen LogP contribution in [-0.4, -0.2) is 11.1 Å². The molecule has 2 rings (SSSR count). The summed E-state index contributed by atoms with van der Waals surface area (Å²) in [4.78, 5) is 12.2. The molecule has 1 aromatic heterocycles. The molecule has 0 aromatic carbocycles. The Balaban J connectivity index is 2.38. The first kappa shape index (κ1) is 8.75. The molecule has 0 bridgehead atoms. The maximum Gasteiger partial charge on any atom is 0.314 e. The molecule has 2 nitrogen and oxygen atoms in total. The molecular weight excluding hydrogens is 184 g/mol. The summed E-state index contributed by atoms with van der Waals surface area (Å²) in [6.07, 6.45) is 2.11. The van der Waals surface area contributed by atoms with Gasteiger partial charge in [0.05, 0.1) is 0 Å². The van der Waals surface area contributed by atoms with Gasteiger partial charge in [-0.3, -0.25) is 4.79 Å². The summed E-state index contributed by atoms with van der Waals surface area (Å²) in [5.41, 5.74) is -0.631. The third-order valence-corrected chi connectivity index (χ3v) is 3.98. The fourth-order valence-corrected chi connectivity index (χ4v) is 2.68. The van der Waals surface area contributed by atoms with E-state index in [4.69, 9.17) is 0 Å². The average Bonchev–Trinajstić information content (AvgIpc) is 2.80. The molecule has 3 heteroatoms. The lowest BCUT2D eigenvalue weighted by Gasteiger charge is -2.22. The van der Waals surface area contributed by atoms with Crippen molar-refractivity contribution in [3.63, 3.8) is 0 Å². The topological polar surface area (TPSA) is 37.3 Å². The van der Waals surface area contributed by atoms with E-state index in [1.165, 1.54) is 0 Å². The second kappa shape index (κ2) is 2.84. The van der Waals surface area contributed by atoms with Crippen molar-refractivity contribution in [3.8, 4) is 0 Å². The van der Waals surface area contributed by atoms with Crippen molar-refractivity contribution in [2.45, 2.75) is 25.2 Å². The summed E-state index contributed by atoms with van der Waals surface area (Å²) in [5, 5.41) is 11.2. The minimum atomic E-state index is -0.683. The van der Waals surface area contributed by atoms with Crippen LogP contribution < -0.4 is 0 Å². The molecule has 1 heterocycles. The van der Waals surface area contributed by atoms with Crippen molar-refractivity contribution in [1.29, 1.82) is 0 Å². The molecule has 0 amide bonds. The summed E-state index contributed by atoms with van der Waals surface area (Å²) >= 11 is 1.55. The second-order valence-corrected chi connectivity index (χ2v) is 4.71. The van der Waals surface area contributed by atoms with Crippen molar-refractivity contribution in [1.82, 2.24) is 0 Å². The van der Waals surface area contributed by atoms with E-state index in [0.717, 1.165) is 17.7 Å². The molecule has 0 spiro atoms. The third kappa shape index (κ3) is 1.27. The van der Waals surface area contributed by atoms with Gasteiger partial charge in [-0.2, -0.15) is 0 Å². The van der Waals surface area contributed by atoms with Crippen LogP contribution in [0.5, 0.6) is 0 Å². The SMILES string of the molecule is CC(C(=O)O)(c1cccs1)C1CC1. The predicted molar refractivity (Wildman–Crippen MR) is 52.0 cm³/mol. The van der Waals surface area contributed by atoms with Gasteiger partial charge >= 0.3 is 5.97 Å². The van der Waals surface area contributed by atoms with Gasteiger partial charge in [0.2, 0.25) is 0 Å². The molecule has 70 valence electrons. The van der Waals surface area contributed by atoms with E-state index in [2.05, 4.69) is 0 Å². The number of carboxylic acids is 1. The van der Waals surface area contributed by atoms with Gasteiger partial charge in [0, 0.05) is 4.88 Å². The van der Waals surface area contributed by atoms with Crippen molar-refractivity contribution in [2.24, 2.45) is 5.92 Å². The molecular formula is C10H12O2S. The Morgan fingerprint density at radius 1 is 1.69 bits per heavy atom. The lowest BCUT2D eigenvalue weighted by atomic mass is 9.83. The quantitative estimate of drug-likeness (QED) is 0.806. The van der Waals surface area contributed by atoms with Gasteiger partial charge < -0.3 is 5.11 Å². The maximum atomic E-state index is 11.2. The van der Waals surface area contributed by atoms with E-state index in [1.807, 2.05) is 24.4 Å². The zero-order chi connectivity index (χ0) is 9.47. The first-order valence-corrected chi connectivity index (χ1v) is 5.31. The molecule has 0 aliphatic heterocycles. The van der Waals surface area contributed by atoms with Crippen molar-refractivity contribution in [2.75, 3.05) is 0 Å². The number of hydrogen-bond acceptors (Lipinski definition) is 2. The third-order valence-electron chi connectivity index (χ3n) is 2.87. The largest absolute Gasteiger partial charge is 0.481 e. The van der Waals surface area contributed by atoms with Crippen LogP contribution in [0.2, 0.25) is 0 Å².